The first-order chi connectivity index (χ1) is 73.6. The zero-order valence-corrected chi connectivity index (χ0v) is 104. The standard InChI is InChI=1S/C148H277/c1-9-17-25-33-41-49-57-65-72-76-78-79-82-88-94-101-109-117-125-133-141-146(139-131-123-115-107-99-92-84-70-62-54-46-38-30-22-14-6)148(143-135-127-119-111-103-64-56-48-40-32-24-16-8,145(138-130-122-114-106-98-91-83-69-61-53-45-37-29-21-13-5)140-132-124-116-108-100-93-87-81-77-73-66-58-50-42-34-26-18-10-2)147(142-134-126-118-110-102-95-71-63-55-47-39-31-23-15-7)144(136-128-120-112-104-96-89-85-75-68-60-52-44-36-28-20-12-4)137-129-121-113-105-97-90-86-80-74-67-59-51-43-35-27-19-11-3/h21,29,43,45-46,51,53-54,56,64,67,69-70,74,83-84,86,90,105,113,144-146H,9-20,22-28,30-42,44,47-50,52,55,57-63,65-66,68,71-73,75-82,85,87-89,91-104,106-112,114-143H2,1-8H3/b29-21-,51-43-,53-45-,54-46-,64-56-,74-67-,83-69-,84-70-,90-86-,113-105-. The Balaban J connectivity index is 8.86. The Morgan fingerprint density at radius 1 is 0.135 bits per heavy atom. The molecular formula is C148H277. The summed E-state index contributed by atoms with van der Waals surface area (Å²) in [4.78, 5) is 0. The van der Waals surface area contributed by atoms with Crippen LogP contribution < -0.4 is 0 Å². The molecule has 1 radical (unpaired) electrons. The van der Waals surface area contributed by atoms with Crippen LogP contribution in [-0.4, -0.2) is 0 Å². The van der Waals surface area contributed by atoms with E-state index in [1.54, 1.807) is 0 Å². The molecule has 148 heavy (non-hydrogen) atoms. The van der Waals surface area contributed by atoms with Crippen molar-refractivity contribution < 1.29 is 0 Å². The third-order valence-corrected chi connectivity index (χ3v) is 34.3. The summed E-state index contributed by atoms with van der Waals surface area (Å²) in [6.07, 6.45) is 212. The second kappa shape index (κ2) is 131. The molecule has 0 amide bonds. The first-order valence-corrected chi connectivity index (χ1v) is 69.9. The van der Waals surface area contributed by atoms with Crippen molar-refractivity contribution in [1.29, 1.82) is 0 Å². The van der Waals surface area contributed by atoms with Gasteiger partial charge in [-0.25, -0.2) is 0 Å². The molecule has 0 nitrogen and oxygen atoms in total. The highest BCUT2D eigenvalue weighted by atomic mass is 14.6. The maximum absolute atomic E-state index is 2.67. The highest BCUT2D eigenvalue weighted by molar-refractivity contribution is 5.16. The van der Waals surface area contributed by atoms with Gasteiger partial charge in [-0.2, -0.15) is 0 Å². The zero-order chi connectivity index (χ0) is 106. The normalized spacial score (nSPS) is 13.6. The maximum atomic E-state index is 2.67. The molecule has 0 aromatic carbocycles. The quantitative estimate of drug-likeness (QED) is 0.0421. The molecule has 0 bridgehead atoms. The number of hydrogen-bond donors (Lipinski definition) is 0. The molecule has 0 aliphatic heterocycles. The fourth-order valence-electron chi connectivity index (χ4n) is 24.7. The minimum Gasteiger partial charge on any atom is -0.0885 e. The van der Waals surface area contributed by atoms with Crippen LogP contribution in [0.1, 0.15) is 794 Å². The Labute approximate surface area is 937 Å². The molecule has 0 saturated heterocycles. The monoisotopic (exact) mass is 2060 g/mol. The van der Waals surface area contributed by atoms with Gasteiger partial charge in [0.25, 0.3) is 0 Å². The predicted octanol–water partition coefficient (Wildman–Crippen LogP) is 55.0. The summed E-state index contributed by atoms with van der Waals surface area (Å²) in [5, 5.41) is 0. The van der Waals surface area contributed by atoms with Crippen LogP contribution in [0.2, 0.25) is 0 Å². The van der Waals surface area contributed by atoms with Crippen molar-refractivity contribution in [2.75, 3.05) is 0 Å². The van der Waals surface area contributed by atoms with Crippen molar-refractivity contribution in [2.45, 2.75) is 794 Å². The first kappa shape index (κ1) is 145. The van der Waals surface area contributed by atoms with Gasteiger partial charge in [0.15, 0.2) is 0 Å². The van der Waals surface area contributed by atoms with Crippen LogP contribution in [0.5, 0.6) is 0 Å². The van der Waals surface area contributed by atoms with Crippen molar-refractivity contribution in [1.82, 2.24) is 0 Å². The minimum atomic E-state index is 0.304. The number of rotatable bonds is 129. The molecule has 0 N–H and O–H groups in total. The lowest BCUT2D eigenvalue weighted by Gasteiger charge is -2.55. The second-order valence-corrected chi connectivity index (χ2v) is 48.4. The van der Waals surface area contributed by atoms with Crippen LogP contribution >= 0.6 is 0 Å². The van der Waals surface area contributed by atoms with E-state index in [-0.39, 0.29) is 0 Å². The predicted molar refractivity (Wildman–Crippen MR) is 684 cm³/mol. The van der Waals surface area contributed by atoms with Crippen LogP contribution in [0.4, 0.5) is 0 Å². The van der Waals surface area contributed by atoms with Crippen molar-refractivity contribution in [3.05, 3.63) is 127 Å². The molecule has 0 spiro atoms. The smallest absolute Gasteiger partial charge is 0.0143 e. The third kappa shape index (κ3) is 109. The largest absolute Gasteiger partial charge is 0.0885 e. The molecule has 0 heteroatoms. The summed E-state index contributed by atoms with van der Waals surface area (Å²) in [6.45, 7) is 18.7. The lowest BCUT2D eigenvalue weighted by Crippen LogP contribution is -2.47. The van der Waals surface area contributed by atoms with Crippen molar-refractivity contribution in [3.63, 3.8) is 0 Å². The zero-order valence-electron chi connectivity index (χ0n) is 104. The van der Waals surface area contributed by atoms with E-state index in [1.807, 2.05) is 0 Å². The van der Waals surface area contributed by atoms with Gasteiger partial charge in [-0.3, -0.25) is 0 Å². The Kier molecular flexibility index (Phi) is 129. The summed E-state index contributed by atoms with van der Waals surface area (Å²) < 4.78 is 0. The van der Waals surface area contributed by atoms with E-state index in [0.29, 0.717) is 5.41 Å². The van der Waals surface area contributed by atoms with Crippen molar-refractivity contribution in [3.8, 4) is 0 Å². The summed E-state index contributed by atoms with van der Waals surface area (Å²) >= 11 is 0. The van der Waals surface area contributed by atoms with E-state index < -0.39 is 0 Å². The van der Waals surface area contributed by atoms with Crippen LogP contribution in [0.15, 0.2) is 122 Å². The molecule has 4 unspecified atom stereocenters. The van der Waals surface area contributed by atoms with Gasteiger partial charge in [0.05, 0.1) is 0 Å². The summed E-state index contributed by atoms with van der Waals surface area (Å²) in [5.74, 6) is 4.61. The molecule has 0 rings (SSSR count). The summed E-state index contributed by atoms with van der Waals surface area (Å²) in [6, 6.07) is 0. The Bertz CT molecular complexity index is 2700. The molecule has 0 aromatic rings. The van der Waals surface area contributed by atoms with E-state index in [0.717, 1.165) is 62.7 Å². The van der Waals surface area contributed by atoms with Gasteiger partial charge >= 0.3 is 0 Å². The molecule has 0 saturated carbocycles. The molecule has 4 atom stereocenters. The Morgan fingerprint density at radius 3 is 0.514 bits per heavy atom. The van der Waals surface area contributed by atoms with Gasteiger partial charge < -0.3 is 0 Å². The highest BCUT2D eigenvalue weighted by Crippen LogP contribution is 2.60. The van der Waals surface area contributed by atoms with E-state index in [2.05, 4.69) is 183 Å². The fourth-order valence-corrected chi connectivity index (χ4v) is 24.7. The van der Waals surface area contributed by atoms with Crippen molar-refractivity contribution in [2.24, 2.45) is 23.2 Å². The van der Waals surface area contributed by atoms with Crippen LogP contribution in [0, 0.1) is 29.1 Å². The van der Waals surface area contributed by atoms with Crippen LogP contribution in [0.25, 0.3) is 0 Å². The topological polar surface area (TPSA) is 0 Å². The van der Waals surface area contributed by atoms with Crippen molar-refractivity contribution >= 4 is 0 Å². The van der Waals surface area contributed by atoms with Gasteiger partial charge in [0, 0.05) is 0 Å². The molecule has 869 valence electrons. The van der Waals surface area contributed by atoms with Gasteiger partial charge in [-0.15, -0.1) is 0 Å². The van der Waals surface area contributed by atoms with E-state index in [4.69, 9.17) is 0 Å². The Morgan fingerprint density at radius 2 is 0.284 bits per heavy atom. The lowest BCUT2D eigenvalue weighted by atomic mass is 9.49. The maximum Gasteiger partial charge on any atom is -0.0143 e. The van der Waals surface area contributed by atoms with Crippen LogP contribution in [0.3, 0.4) is 0 Å². The molecular weight excluding hydrogens is 1780 g/mol. The molecule has 0 heterocycles. The van der Waals surface area contributed by atoms with E-state index in [9.17, 15) is 0 Å². The second-order valence-electron chi connectivity index (χ2n) is 48.4. The number of unbranched alkanes of at least 4 members (excludes halogenated alkanes) is 89. The summed E-state index contributed by atoms with van der Waals surface area (Å²) in [7, 11) is 0. The van der Waals surface area contributed by atoms with Gasteiger partial charge in [0.1, 0.15) is 0 Å². The molecule has 0 fully saturated rings. The first-order valence-electron chi connectivity index (χ1n) is 69.9. The number of hydrogen-bond acceptors (Lipinski definition) is 0. The minimum absolute atomic E-state index is 0.304. The molecule has 0 aliphatic rings. The van der Waals surface area contributed by atoms with E-state index >= 15 is 0 Å². The Hall–Kier alpha value is -2.60. The molecule has 0 aromatic heterocycles. The molecule has 0 aliphatic carbocycles. The van der Waals surface area contributed by atoms with Gasteiger partial charge in [0.2, 0.25) is 0 Å². The van der Waals surface area contributed by atoms with Gasteiger partial charge in [-0.1, -0.05) is 729 Å². The lowest BCUT2D eigenvalue weighted by molar-refractivity contribution is 0.0164. The average molecular weight is 2060 g/mol. The highest BCUT2D eigenvalue weighted by Gasteiger charge is 2.51. The number of allylic oxidation sites excluding steroid dienone is 20. The van der Waals surface area contributed by atoms with E-state index in [1.165, 1.54) is 693 Å². The summed E-state index contributed by atoms with van der Waals surface area (Å²) in [5.41, 5.74) is 0.304. The SMILES string of the molecule is CC/C=C\C/C=C\C/C=C\CCCCCCCC(CCCCCCCCCCCCCCCCCCCC)C(CCCCCC/C=C\CCCCCC)([C](CCCCCCCCCCCCCCCC)C(CCC/C=C\C/C=C\C/C=C\C/C=C\CCCCC)CCCCCCCCCCCCCCCCCC)C(CCCCCCC/C=C\C/C=C\CCCCC)CCCCCCCCCCCCCCCCCCCCCC. The average Bonchev–Trinajstić information content (AvgIpc) is 0.755. The van der Waals surface area contributed by atoms with Gasteiger partial charge in [-0.05, 0) is 215 Å². The van der Waals surface area contributed by atoms with Crippen LogP contribution in [-0.2, 0) is 0 Å². The fraction of sp³-hybridized carbons (Fsp3) is 0.858. The third-order valence-electron chi connectivity index (χ3n) is 34.3.